The van der Waals surface area contributed by atoms with Crippen LogP contribution >= 0.6 is 0 Å². The van der Waals surface area contributed by atoms with Crippen molar-refractivity contribution in [1.29, 1.82) is 5.26 Å². The number of ether oxygens (including phenoxy) is 3. The maximum Gasteiger partial charge on any atom is 0.308 e. The van der Waals surface area contributed by atoms with Crippen LogP contribution in [-0.4, -0.2) is 46.0 Å². The largest absolute Gasteiger partial charge is 0.497 e. The third kappa shape index (κ3) is 3.64. The van der Waals surface area contributed by atoms with Crippen molar-refractivity contribution < 1.29 is 19.0 Å². The van der Waals surface area contributed by atoms with Gasteiger partial charge in [-0.3, -0.25) is 4.79 Å². The molecule has 0 saturated carbocycles. The Balaban J connectivity index is 2.17. The maximum atomic E-state index is 11.4. The van der Waals surface area contributed by atoms with Crippen LogP contribution in [0, 0.1) is 11.3 Å². The summed E-state index contributed by atoms with van der Waals surface area (Å²) < 4.78 is 15.5. The van der Waals surface area contributed by atoms with Gasteiger partial charge >= 0.3 is 5.97 Å². The van der Waals surface area contributed by atoms with E-state index in [2.05, 4.69) is 10.8 Å². The first kappa shape index (κ1) is 15.1. The van der Waals surface area contributed by atoms with Gasteiger partial charge in [-0.25, -0.2) is 0 Å². The summed E-state index contributed by atoms with van der Waals surface area (Å²) in [6.07, 6.45) is -0.0253. The van der Waals surface area contributed by atoms with Crippen LogP contribution in [0.5, 0.6) is 5.75 Å². The number of carbonyl (C=O) groups is 1. The summed E-state index contributed by atoms with van der Waals surface area (Å²) in [6, 6.07) is 7.51. The molecule has 2 rings (SSSR count). The smallest absolute Gasteiger partial charge is 0.308 e. The number of hydrogen-bond donors (Lipinski definition) is 0. The molecule has 1 fully saturated rings. The van der Waals surface area contributed by atoms with Gasteiger partial charge < -0.3 is 19.1 Å². The molecule has 1 aliphatic rings. The van der Waals surface area contributed by atoms with E-state index in [-0.39, 0.29) is 18.5 Å². The average Bonchev–Trinajstić information content (AvgIpc) is 2.54. The fourth-order valence-corrected chi connectivity index (χ4v) is 2.33. The van der Waals surface area contributed by atoms with E-state index < -0.39 is 0 Å². The molecule has 6 nitrogen and oxygen atoms in total. The predicted molar refractivity (Wildman–Crippen MR) is 76.3 cm³/mol. The molecule has 0 N–H and O–H groups in total. The highest BCUT2D eigenvalue weighted by Crippen LogP contribution is 2.27. The number of morpholine rings is 1. The fraction of sp³-hybridized carbons (Fsp3) is 0.467. The summed E-state index contributed by atoms with van der Waals surface area (Å²) in [4.78, 5) is 13.4. The van der Waals surface area contributed by atoms with E-state index in [4.69, 9.17) is 9.47 Å². The van der Waals surface area contributed by atoms with Crippen molar-refractivity contribution in [2.75, 3.05) is 38.8 Å². The molecule has 112 valence electrons. The van der Waals surface area contributed by atoms with Gasteiger partial charge in [0.1, 0.15) is 11.8 Å². The van der Waals surface area contributed by atoms with Crippen LogP contribution in [-0.2, 0) is 14.3 Å². The minimum atomic E-state index is -0.298. The molecule has 1 aromatic carbocycles. The van der Waals surface area contributed by atoms with Gasteiger partial charge in [-0.1, -0.05) is 0 Å². The van der Waals surface area contributed by atoms with E-state index in [1.807, 2.05) is 11.0 Å². The van der Waals surface area contributed by atoms with Gasteiger partial charge in [-0.05, 0) is 12.1 Å². The monoisotopic (exact) mass is 290 g/mol. The van der Waals surface area contributed by atoms with Crippen LogP contribution in [0.25, 0.3) is 0 Å². The summed E-state index contributed by atoms with van der Waals surface area (Å²) in [6.45, 7) is 1.71. The molecule has 1 heterocycles. The lowest BCUT2D eigenvalue weighted by atomic mass is 10.1. The Kier molecular flexibility index (Phi) is 5.01. The van der Waals surface area contributed by atoms with Crippen LogP contribution in [0.1, 0.15) is 12.0 Å². The Labute approximate surface area is 123 Å². The van der Waals surface area contributed by atoms with E-state index in [1.54, 1.807) is 19.2 Å². The zero-order valence-corrected chi connectivity index (χ0v) is 12.2. The first-order valence-corrected chi connectivity index (χ1v) is 6.69. The molecule has 6 heteroatoms. The summed E-state index contributed by atoms with van der Waals surface area (Å²) in [5, 5.41) is 9.24. The van der Waals surface area contributed by atoms with Crippen molar-refractivity contribution in [3.05, 3.63) is 23.8 Å². The molecular formula is C15H18N2O4. The zero-order valence-electron chi connectivity index (χ0n) is 12.2. The number of benzene rings is 1. The minimum absolute atomic E-state index is 0.207. The maximum absolute atomic E-state index is 11.4. The standard InChI is InChI=1S/C15H18N2O4/c1-19-12-4-3-11(9-16)14(7-12)17-5-6-21-13(10-17)8-15(18)20-2/h3-4,7,13H,5-6,8,10H2,1-2H3. The highest BCUT2D eigenvalue weighted by atomic mass is 16.5. The molecule has 0 spiro atoms. The Morgan fingerprint density at radius 3 is 3.00 bits per heavy atom. The van der Waals surface area contributed by atoms with E-state index in [0.29, 0.717) is 31.0 Å². The van der Waals surface area contributed by atoms with Crippen molar-refractivity contribution in [1.82, 2.24) is 0 Å². The van der Waals surface area contributed by atoms with E-state index in [1.165, 1.54) is 7.11 Å². The van der Waals surface area contributed by atoms with Gasteiger partial charge in [0.2, 0.25) is 0 Å². The van der Waals surface area contributed by atoms with Crippen LogP contribution in [0.2, 0.25) is 0 Å². The number of rotatable bonds is 4. The van der Waals surface area contributed by atoms with Crippen LogP contribution in [0.15, 0.2) is 18.2 Å². The summed E-state index contributed by atoms with van der Waals surface area (Å²) in [5.74, 6) is 0.396. The number of nitriles is 1. The Morgan fingerprint density at radius 1 is 1.52 bits per heavy atom. The molecule has 0 amide bonds. The molecular weight excluding hydrogens is 272 g/mol. The predicted octanol–water partition coefficient (Wildman–Crippen LogP) is 1.34. The van der Waals surface area contributed by atoms with E-state index >= 15 is 0 Å². The Bertz CT molecular complexity index is 553. The fourth-order valence-electron chi connectivity index (χ4n) is 2.33. The number of methoxy groups -OCH3 is 2. The lowest BCUT2D eigenvalue weighted by Crippen LogP contribution is -2.43. The molecule has 1 saturated heterocycles. The first-order valence-electron chi connectivity index (χ1n) is 6.69. The van der Waals surface area contributed by atoms with Gasteiger partial charge in [0.25, 0.3) is 0 Å². The lowest BCUT2D eigenvalue weighted by molar-refractivity contribution is -0.144. The highest BCUT2D eigenvalue weighted by molar-refractivity contribution is 5.70. The van der Waals surface area contributed by atoms with E-state index in [0.717, 1.165) is 5.69 Å². The minimum Gasteiger partial charge on any atom is -0.497 e. The third-order valence-corrected chi connectivity index (χ3v) is 3.43. The summed E-state index contributed by atoms with van der Waals surface area (Å²) >= 11 is 0. The van der Waals surface area contributed by atoms with Crippen molar-refractivity contribution in [2.45, 2.75) is 12.5 Å². The van der Waals surface area contributed by atoms with Gasteiger partial charge in [-0.2, -0.15) is 5.26 Å². The topological polar surface area (TPSA) is 71.8 Å². The molecule has 0 aliphatic carbocycles. The SMILES string of the molecule is COC(=O)CC1CN(c2cc(OC)ccc2C#N)CCO1. The molecule has 1 aliphatic heterocycles. The quantitative estimate of drug-likeness (QED) is 0.779. The highest BCUT2D eigenvalue weighted by Gasteiger charge is 2.25. The zero-order chi connectivity index (χ0) is 15.2. The second-order valence-corrected chi connectivity index (χ2v) is 4.71. The second-order valence-electron chi connectivity index (χ2n) is 4.71. The van der Waals surface area contributed by atoms with E-state index in [9.17, 15) is 10.1 Å². The Morgan fingerprint density at radius 2 is 2.33 bits per heavy atom. The molecule has 1 aromatic rings. The number of hydrogen-bond acceptors (Lipinski definition) is 6. The molecule has 1 unspecified atom stereocenters. The molecule has 0 radical (unpaired) electrons. The van der Waals surface area contributed by atoms with Crippen molar-refractivity contribution in [3.8, 4) is 11.8 Å². The van der Waals surface area contributed by atoms with Crippen LogP contribution in [0.3, 0.4) is 0 Å². The second kappa shape index (κ2) is 6.95. The van der Waals surface area contributed by atoms with Gasteiger partial charge in [0, 0.05) is 19.2 Å². The summed E-state index contributed by atoms with van der Waals surface area (Å²) in [5.41, 5.74) is 1.38. The Hall–Kier alpha value is -2.26. The number of esters is 1. The number of anilines is 1. The number of nitrogens with zero attached hydrogens (tertiary/aromatic N) is 2. The van der Waals surface area contributed by atoms with Crippen molar-refractivity contribution in [3.63, 3.8) is 0 Å². The molecule has 21 heavy (non-hydrogen) atoms. The van der Waals surface area contributed by atoms with Crippen molar-refractivity contribution >= 4 is 11.7 Å². The van der Waals surface area contributed by atoms with Crippen LogP contribution in [0.4, 0.5) is 5.69 Å². The third-order valence-electron chi connectivity index (χ3n) is 3.43. The normalized spacial score (nSPS) is 18.0. The molecule has 0 aromatic heterocycles. The molecule has 1 atom stereocenters. The first-order chi connectivity index (χ1) is 10.2. The number of carbonyl (C=O) groups excluding carboxylic acids is 1. The average molecular weight is 290 g/mol. The van der Waals surface area contributed by atoms with Gasteiger partial charge in [-0.15, -0.1) is 0 Å². The van der Waals surface area contributed by atoms with Crippen LogP contribution < -0.4 is 9.64 Å². The van der Waals surface area contributed by atoms with Gasteiger partial charge in [0.15, 0.2) is 0 Å². The van der Waals surface area contributed by atoms with Gasteiger partial charge in [0.05, 0.1) is 44.6 Å². The molecule has 0 bridgehead atoms. The lowest BCUT2D eigenvalue weighted by Gasteiger charge is -2.34. The summed E-state index contributed by atoms with van der Waals surface area (Å²) in [7, 11) is 2.95. The van der Waals surface area contributed by atoms with Crippen molar-refractivity contribution in [2.24, 2.45) is 0 Å².